The molecule has 0 aliphatic heterocycles. The van der Waals surface area contributed by atoms with Crippen molar-refractivity contribution in [3.63, 3.8) is 0 Å². The van der Waals surface area contributed by atoms with Crippen LogP contribution in [0.1, 0.15) is 22.3 Å². The Hall–Kier alpha value is -3.53. The van der Waals surface area contributed by atoms with Crippen LogP contribution >= 0.6 is 0 Å². The van der Waals surface area contributed by atoms with Gasteiger partial charge < -0.3 is 15.6 Å². The van der Waals surface area contributed by atoms with Crippen molar-refractivity contribution < 1.29 is 14.6 Å². The van der Waals surface area contributed by atoms with E-state index in [0.29, 0.717) is 0 Å². The van der Waals surface area contributed by atoms with Gasteiger partial charge in [-0.1, -0.05) is 78.9 Å². The minimum atomic E-state index is -1.19. The molecular formula is C23H21NO3. The van der Waals surface area contributed by atoms with Crippen LogP contribution in [0.5, 0.6) is 5.75 Å². The van der Waals surface area contributed by atoms with Gasteiger partial charge in [-0.2, -0.15) is 0 Å². The maximum atomic E-state index is 11.8. The minimum Gasteiger partial charge on any atom is -0.508 e. The highest BCUT2D eigenvalue weighted by molar-refractivity contribution is 5.68. The molecule has 0 fully saturated rings. The van der Waals surface area contributed by atoms with E-state index in [4.69, 9.17) is 10.5 Å². The monoisotopic (exact) mass is 359 g/mol. The lowest BCUT2D eigenvalue weighted by Crippen LogP contribution is -2.34. The quantitative estimate of drug-likeness (QED) is 0.690. The van der Waals surface area contributed by atoms with Gasteiger partial charge in [-0.15, -0.1) is 0 Å². The average molecular weight is 359 g/mol. The van der Waals surface area contributed by atoms with Gasteiger partial charge in [0.15, 0.2) is 5.60 Å². The zero-order valence-corrected chi connectivity index (χ0v) is 15.0. The lowest BCUT2D eigenvalue weighted by Gasteiger charge is -2.31. The highest BCUT2D eigenvalue weighted by atomic mass is 16.6. The number of rotatable bonds is 5. The summed E-state index contributed by atoms with van der Waals surface area (Å²) in [6.07, 6.45) is 2.75. The summed E-state index contributed by atoms with van der Waals surface area (Å²) in [6, 6.07) is 24.1. The summed E-state index contributed by atoms with van der Waals surface area (Å²) in [6.45, 7) is 1.83. The van der Waals surface area contributed by atoms with Gasteiger partial charge >= 0.3 is 6.09 Å². The van der Waals surface area contributed by atoms with Crippen LogP contribution < -0.4 is 5.73 Å². The van der Waals surface area contributed by atoms with Crippen LogP contribution in [0.15, 0.2) is 84.9 Å². The largest absolute Gasteiger partial charge is 0.508 e. The second-order valence-corrected chi connectivity index (χ2v) is 6.21. The molecule has 4 heteroatoms. The molecule has 0 unspecified atom stereocenters. The Kier molecular flexibility index (Phi) is 5.27. The molecule has 0 heterocycles. The number of phenols is 1. The number of aromatic hydroxyl groups is 1. The standard InChI is InChI=1S/C23H21NO3/c1-17-18(9-8-14-21(17)25)15-16-23(27-22(24)26,19-10-4-2-5-11-19)20-12-6-3-7-13-20/h2-16,25H,1H3,(H2,24,26). The van der Waals surface area contributed by atoms with Crippen LogP contribution in [-0.2, 0) is 10.3 Å². The number of hydrogen-bond donors (Lipinski definition) is 2. The van der Waals surface area contributed by atoms with E-state index in [1.54, 1.807) is 18.2 Å². The van der Waals surface area contributed by atoms with Gasteiger partial charge in [0.1, 0.15) is 5.75 Å². The third-order valence-electron chi connectivity index (χ3n) is 4.51. The Labute approximate surface area is 158 Å². The van der Waals surface area contributed by atoms with Crippen molar-refractivity contribution in [3.05, 3.63) is 107 Å². The first-order chi connectivity index (χ1) is 13.0. The van der Waals surface area contributed by atoms with Crippen LogP contribution in [0.25, 0.3) is 6.08 Å². The summed E-state index contributed by atoms with van der Waals surface area (Å²) in [5, 5.41) is 9.97. The number of ether oxygens (including phenoxy) is 1. The topological polar surface area (TPSA) is 72.6 Å². The van der Waals surface area contributed by atoms with Gasteiger partial charge in [-0.05, 0) is 30.2 Å². The predicted molar refractivity (Wildman–Crippen MR) is 106 cm³/mol. The molecule has 0 atom stereocenters. The third-order valence-corrected chi connectivity index (χ3v) is 4.51. The van der Waals surface area contributed by atoms with Crippen molar-refractivity contribution in [2.45, 2.75) is 12.5 Å². The molecule has 0 spiro atoms. The fraction of sp³-hybridized carbons (Fsp3) is 0.0870. The number of primary amides is 1. The zero-order chi connectivity index (χ0) is 19.3. The maximum Gasteiger partial charge on any atom is 0.406 e. The van der Waals surface area contributed by atoms with Crippen LogP contribution in [0.2, 0.25) is 0 Å². The van der Waals surface area contributed by atoms with E-state index in [0.717, 1.165) is 22.3 Å². The third kappa shape index (κ3) is 3.85. The van der Waals surface area contributed by atoms with E-state index >= 15 is 0 Å². The summed E-state index contributed by atoms with van der Waals surface area (Å²) in [7, 11) is 0. The average Bonchev–Trinajstić information content (AvgIpc) is 2.69. The van der Waals surface area contributed by atoms with E-state index in [-0.39, 0.29) is 5.75 Å². The highest BCUT2D eigenvalue weighted by Gasteiger charge is 2.35. The van der Waals surface area contributed by atoms with Gasteiger partial charge in [0.05, 0.1) is 0 Å². The predicted octanol–water partition coefficient (Wildman–Crippen LogP) is 4.75. The molecule has 3 aromatic rings. The fourth-order valence-electron chi connectivity index (χ4n) is 3.07. The molecule has 0 aliphatic carbocycles. The van der Waals surface area contributed by atoms with Gasteiger partial charge in [0, 0.05) is 11.1 Å². The molecule has 27 heavy (non-hydrogen) atoms. The van der Waals surface area contributed by atoms with E-state index in [1.807, 2.05) is 79.7 Å². The fourth-order valence-corrected chi connectivity index (χ4v) is 3.07. The molecule has 0 radical (unpaired) electrons. The van der Waals surface area contributed by atoms with E-state index in [2.05, 4.69) is 0 Å². The first-order valence-corrected chi connectivity index (χ1v) is 8.60. The van der Waals surface area contributed by atoms with Crippen molar-refractivity contribution in [2.24, 2.45) is 5.73 Å². The van der Waals surface area contributed by atoms with Crippen molar-refractivity contribution in [2.75, 3.05) is 0 Å². The van der Waals surface area contributed by atoms with Gasteiger partial charge in [0.25, 0.3) is 0 Å². The van der Waals surface area contributed by atoms with Crippen molar-refractivity contribution in [1.82, 2.24) is 0 Å². The smallest absolute Gasteiger partial charge is 0.406 e. The second kappa shape index (κ2) is 7.79. The first-order valence-electron chi connectivity index (χ1n) is 8.60. The Morgan fingerprint density at radius 3 is 2.00 bits per heavy atom. The SMILES string of the molecule is Cc1c(O)cccc1C=CC(OC(N)=O)(c1ccccc1)c1ccccc1. The molecular weight excluding hydrogens is 338 g/mol. The molecule has 0 saturated carbocycles. The Balaban J connectivity index is 2.21. The summed E-state index contributed by atoms with van der Waals surface area (Å²) >= 11 is 0. The Morgan fingerprint density at radius 2 is 1.48 bits per heavy atom. The number of nitrogens with two attached hydrogens (primary N) is 1. The number of carbonyl (C=O) groups excluding carboxylic acids is 1. The van der Waals surface area contributed by atoms with E-state index in [1.165, 1.54) is 0 Å². The van der Waals surface area contributed by atoms with Crippen LogP contribution in [0.3, 0.4) is 0 Å². The summed E-state index contributed by atoms with van der Waals surface area (Å²) in [4.78, 5) is 11.8. The van der Waals surface area contributed by atoms with Crippen LogP contribution in [0.4, 0.5) is 4.79 Å². The van der Waals surface area contributed by atoms with Gasteiger partial charge in [-0.25, -0.2) is 4.79 Å². The normalized spacial score (nSPS) is 11.4. The van der Waals surface area contributed by atoms with Crippen molar-refractivity contribution >= 4 is 12.2 Å². The molecule has 0 saturated heterocycles. The highest BCUT2D eigenvalue weighted by Crippen LogP contribution is 2.36. The summed E-state index contributed by atoms with van der Waals surface area (Å²) < 4.78 is 5.69. The molecule has 0 aliphatic rings. The van der Waals surface area contributed by atoms with Gasteiger partial charge in [-0.3, -0.25) is 0 Å². The van der Waals surface area contributed by atoms with E-state index in [9.17, 15) is 9.90 Å². The first kappa shape index (κ1) is 18.3. The molecule has 4 nitrogen and oxygen atoms in total. The Bertz CT molecular complexity index is 910. The second-order valence-electron chi connectivity index (χ2n) is 6.21. The minimum absolute atomic E-state index is 0.206. The zero-order valence-electron chi connectivity index (χ0n) is 15.0. The number of hydrogen-bond acceptors (Lipinski definition) is 3. The maximum absolute atomic E-state index is 11.8. The number of phenolic OH excluding ortho intramolecular Hbond substituents is 1. The lowest BCUT2D eigenvalue weighted by atomic mass is 9.85. The number of amides is 1. The number of benzene rings is 3. The molecule has 1 amide bonds. The number of carbonyl (C=O) groups is 1. The van der Waals surface area contributed by atoms with Crippen molar-refractivity contribution in [1.29, 1.82) is 0 Å². The van der Waals surface area contributed by atoms with Gasteiger partial charge in [0.2, 0.25) is 0 Å². The van der Waals surface area contributed by atoms with E-state index < -0.39 is 11.7 Å². The van der Waals surface area contributed by atoms with Crippen LogP contribution in [0, 0.1) is 6.92 Å². The molecule has 3 rings (SSSR count). The van der Waals surface area contributed by atoms with Crippen molar-refractivity contribution in [3.8, 4) is 5.75 Å². The molecule has 136 valence electrons. The van der Waals surface area contributed by atoms with Crippen LogP contribution in [-0.4, -0.2) is 11.2 Å². The molecule has 0 aromatic heterocycles. The lowest BCUT2D eigenvalue weighted by molar-refractivity contribution is 0.0806. The molecule has 3 N–H and O–H groups in total. The molecule has 0 bridgehead atoms. The summed E-state index contributed by atoms with van der Waals surface area (Å²) in [5.74, 6) is 0.206. The Morgan fingerprint density at radius 1 is 0.926 bits per heavy atom. The molecule has 3 aromatic carbocycles. The summed E-state index contributed by atoms with van der Waals surface area (Å²) in [5.41, 5.74) is 7.35.